The number of carbonyl (C=O) groups is 1. The van der Waals surface area contributed by atoms with Crippen molar-refractivity contribution in [1.29, 1.82) is 0 Å². The standard InChI is InChI=1S/C16H11BrO2S/c1-19-14-8-9-20-16(14)15(18)12-6-7-13(17)11-5-3-2-4-10(11)12/h2-9H,1H3. The summed E-state index contributed by atoms with van der Waals surface area (Å²) in [4.78, 5) is 13.4. The molecule has 1 heterocycles. The molecule has 0 N–H and O–H groups in total. The Morgan fingerprint density at radius 3 is 2.60 bits per heavy atom. The van der Waals surface area contributed by atoms with Crippen molar-refractivity contribution in [2.24, 2.45) is 0 Å². The van der Waals surface area contributed by atoms with Gasteiger partial charge in [-0.3, -0.25) is 4.79 Å². The van der Waals surface area contributed by atoms with E-state index in [1.54, 1.807) is 7.11 Å². The second-order valence-electron chi connectivity index (χ2n) is 4.29. The van der Waals surface area contributed by atoms with E-state index in [9.17, 15) is 4.79 Å². The second-order valence-corrected chi connectivity index (χ2v) is 6.06. The summed E-state index contributed by atoms with van der Waals surface area (Å²) < 4.78 is 6.23. The number of hydrogen-bond donors (Lipinski definition) is 0. The number of ether oxygens (including phenoxy) is 1. The third kappa shape index (κ3) is 2.15. The van der Waals surface area contributed by atoms with Crippen molar-refractivity contribution < 1.29 is 9.53 Å². The van der Waals surface area contributed by atoms with Crippen molar-refractivity contribution in [2.75, 3.05) is 7.11 Å². The average molecular weight is 347 g/mol. The van der Waals surface area contributed by atoms with Crippen LogP contribution >= 0.6 is 27.3 Å². The molecule has 4 heteroatoms. The molecule has 2 nitrogen and oxygen atoms in total. The Morgan fingerprint density at radius 1 is 1.10 bits per heavy atom. The topological polar surface area (TPSA) is 26.3 Å². The van der Waals surface area contributed by atoms with Crippen LogP contribution in [0, 0.1) is 0 Å². The fourth-order valence-corrected chi connectivity index (χ4v) is 3.50. The maximum atomic E-state index is 12.7. The number of ketones is 1. The Balaban J connectivity index is 2.20. The van der Waals surface area contributed by atoms with Gasteiger partial charge in [-0.15, -0.1) is 11.3 Å². The number of hydrogen-bond acceptors (Lipinski definition) is 3. The van der Waals surface area contributed by atoms with E-state index < -0.39 is 0 Å². The van der Waals surface area contributed by atoms with Crippen LogP contribution in [-0.2, 0) is 0 Å². The highest BCUT2D eigenvalue weighted by molar-refractivity contribution is 9.10. The first-order chi connectivity index (χ1) is 9.72. The lowest BCUT2D eigenvalue weighted by Crippen LogP contribution is -2.02. The number of halogens is 1. The molecule has 3 aromatic rings. The Kier molecular flexibility index (Phi) is 3.59. The third-order valence-electron chi connectivity index (χ3n) is 3.17. The van der Waals surface area contributed by atoms with Crippen LogP contribution in [0.25, 0.3) is 10.8 Å². The molecule has 0 fully saturated rings. The largest absolute Gasteiger partial charge is 0.495 e. The summed E-state index contributed by atoms with van der Waals surface area (Å²) in [5, 5.41) is 3.85. The molecule has 0 aliphatic heterocycles. The molecule has 20 heavy (non-hydrogen) atoms. The first kappa shape index (κ1) is 13.3. The van der Waals surface area contributed by atoms with Gasteiger partial charge in [-0.1, -0.05) is 40.2 Å². The van der Waals surface area contributed by atoms with E-state index in [2.05, 4.69) is 15.9 Å². The fraction of sp³-hybridized carbons (Fsp3) is 0.0625. The lowest BCUT2D eigenvalue weighted by Gasteiger charge is -2.07. The molecule has 100 valence electrons. The predicted molar refractivity (Wildman–Crippen MR) is 86.0 cm³/mol. The van der Waals surface area contributed by atoms with Crippen LogP contribution in [0.15, 0.2) is 52.3 Å². The highest BCUT2D eigenvalue weighted by Crippen LogP contribution is 2.32. The highest BCUT2D eigenvalue weighted by atomic mass is 79.9. The maximum Gasteiger partial charge on any atom is 0.207 e. The Labute approximate surface area is 129 Å². The predicted octanol–water partition coefficient (Wildman–Crippen LogP) is 4.90. The Bertz CT molecular complexity index is 792. The molecule has 0 unspecified atom stereocenters. The van der Waals surface area contributed by atoms with Gasteiger partial charge in [0, 0.05) is 10.0 Å². The number of benzene rings is 2. The van der Waals surface area contributed by atoms with Crippen molar-refractivity contribution in [1.82, 2.24) is 0 Å². The molecule has 0 atom stereocenters. The minimum Gasteiger partial charge on any atom is -0.495 e. The van der Waals surface area contributed by atoms with Crippen LogP contribution in [0.5, 0.6) is 5.75 Å². The van der Waals surface area contributed by atoms with E-state index in [0.717, 1.165) is 15.2 Å². The zero-order chi connectivity index (χ0) is 14.1. The van der Waals surface area contributed by atoms with Gasteiger partial charge < -0.3 is 4.74 Å². The molecule has 0 saturated carbocycles. The minimum absolute atomic E-state index is 0.000509. The molecule has 0 amide bonds. The molecule has 1 aromatic heterocycles. The number of rotatable bonds is 3. The zero-order valence-corrected chi connectivity index (χ0v) is 13.1. The van der Waals surface area contributed by atoms with Gasteiger partial charge in [0.05, 0.1) is 7.11 Å². The molecule has 0 spiro atoms. The molecule has 0 aliphatic rings. The first-order valence-corrected chi connectivity index (χ1v) is 7.73. The first-order valence-electron chi connectivity index (χ1n) is 6.06. The Morgan fingerprint density at radius 2 is 1.85 bits per heavy atom. The van der Waals surface area contributed by atoms with Gasteiger partial charge in [-0.05, 0) is 34.4 Å². The summed E-state index contributed by atoms with van der Waals surface area (Å²) in [5.74, 6) is 0.632. The molecular formula is C16H11BrO2S. The van der Waals surface area contributed by atoms with Crippen LogP contribution in [0.3, 0.4) is 0 Å². The van der Waals surface area contributed by atoms with Gasteiger partial charge in [0.1, 0.15) is 10.6 Å². The van der Waals surface area contributed by atoms with Crippen LogP contribution in [0.1, 0.15) is 15.2 Å². The van der Waals surface area contributed by atoms with Crippen LogP contribution in [-0.4, -0.2) is 12.9 Å². The summed E-state index contributed by atoms with van der Waals surface area (Å²) >= 11 is 4.93. The van der Waals surface area contributed by atoms with Gasteiger partial charge in [-0.25, -0.2) is 0 Å². The van der Waals surface area contributed by atoms with E-state index in [4.69, 9.17) is 4.74 Å². The molecule has 3 rings (SSSR count). The minimum atomic E-state index is 0.000509. The van der Waals surface area contributed by atoms with Gasteiger partial charge in [0.2, 0.25) is 5.78 Å². The molecular weight excluding hydrogens is 336 g/mol. The molecule has 0 saturated heterocycles. The fourth-order valence-electron chi connectivity index (χ4n) is 2.21. The van der Waals surface area contributed by atoms with Crippen molar-refractivity contribution in [3.05, 3.63) is 62.8 Å². The number of carbonyl (C=O) groups excluding carboxylic acids is 1. The molecule has 2 aromatic carbocycles. The summed E-state index contributed by atoms with van der Waals surface area (Å²) in [7, 11) is 1.58. The number of fused-ring (bicyclic) bond motifs is 1. The summed E-state index contributed by atoms with van der Waals surface area (Å²) in [5.41, 5.74) is 0.699. The van der Waals surface area contributed by atoms with E-state index in [1.807, 2.05) is 47.8 Å². The van der Waals surface area contributed by atoms with Crippen LogP contribution in [0.4, 0.5) is 0 Å². The number of thiophene rings is 1. The summed E-state index contributed by atoms with van der Waals surface area (Å²) in [6.45, 7) is 0. The van der Waals surface area contributed by atoms with Crippen molar-refractivity contribution in [3.8, 4) is 5.75 Å². The second kappa shape index (κ2) is 5.38. The van der Waals surface area contributed by atoms with Crippen molar-refractivity contribution in [2.45, 2.75) is 0 Å². The van der Waals surface area contributed by atoms with Gasteiger partial charge >= 0.3 is 0 Å². The quantitative estimate of drug-likeness (QED) is 0.630. The lowest BCUT2D eigenvalue weighted by atomic mass is 10.0. The van der Waals surface area contributed by atoms with Crippen molar-refractivity contribution in [3.63, 3.8) is 0 Å². The Hall–Kier alpha value is -1.65. The summed E-state index contributed by atoms with van der Waals surface area (Å²) in [6, 6.07) is 13.5. The molecule has 0 bridgehead atoms. The van der Waals surface area contributed by atoms with E-state index in [0.29, 0.717) is 16.2 Å². The smallest absolute Gasteiger partial charge is 0.207 e. The van der Waals surface area contributed by atoms with Crippen LogP contribution in [0.2, 0.25) is 0 Å². The van der Waals surface area contributed by atoms with Gasteiger partial charge in [-0.2, -0.15) is 0 Å². The SMILES string of the molecule is COc1ccsc1C(=O)c1ccc(Br)c2ccccc12. The number of methoxy groups -OCH3 is 1. The monoisotopic (exact) mass is 346 g/mol. The van der Waals surface area contributed by atoms with Crippen LogP contribution < -0.4 is 4.74 Å². The lowest BCUT2D eigenvalue weighted by molar-refractivity contribution is 0.104. The normalized spacial score (nSPS) is 10.7. The third-order valence-corrected chi connectivity index (χ3v) is 4.76. The van der Waals surface area contributed by atoms with E-state index >= 15 is 0 Å². The average Bonchev–Trinajstić information content (AvgIpc) is 2.96. The zero-order valence-electron chi connectivity index (χ0n) is 10.7. The van der Waals surface area contributed by atoms with Gasteiger partial charge in [0.25, 0.3) is 0 Å². The van der Waals surface area contributed by atoms with Gasteiger partial charge in [0.15, 0.2) is 0 Å². The molecule has 0 aliphatic carbocycles. The molecule has 0 radical (unpaired) electrons. The summed E-state index contributed by atoms with van der Waals surface area (Å²) in [6.07, 6.45) is 0. The highest BCUT2D eigenvalue weighted by Gasteiger charge is 2.18. The van der Waals surface area contributed by atoms with E-state index in [-0.39, 0.29) is 5.78 Å². The van der Waals surface area contributed by atoms with Crippen molar-refractivity contribution >= 4 is 43.8 Å². The van der Waals surface area contributed by atoms with E-state index in [1.165, 1.54) is 11.3 Å². The maximum absolute atomic E-state index is 12.7.